The van der Waals surface area contributed by atoms with Gasteiger partial charge in [0.05, 0.1) is 0 Å². The molecule has 0 N–H and O–H groups in total. The van der Waals surface area contributed by atoms with Crippen LogP contribution in [0.5, 0.6) is 0 Å². The normalized spacial score (nSPS) is 10.2. The van der Waals surface area contributed by atoms with Gasteiger partial charge in [0.25, 0.3) is 0 Å². The molecule has 0 saturated carbocycles. The zero-order chi connectivity index (χ0) is 12.1. The van der Waals surface area contributed by atoms with Crippen molar-refractivity contribution in [2.75, 3.05) is 0 Å². The lowest BCUT2D eigenvalue weighted by Crippen LogP contribution is -1.98. The van der Waals surface area contributed by atoms with Crippen molar-refractivity contribution in [3.05, 3.63) is 34.9 Å². The van der Waals surface area contributed by atoms with Crippen molar-refractivity contribution in [3.63, 3.8) is 0 Å². The van der Waals surface area contributed by atoms with E-state index in [-0.39, 0.29) is 11.6 Å². The number of aryl methyl sites for hydroxylation is 2. The molecule has 86 valence electrons. The van der Waals surface area contributed by atoms with Crippen LogP contribution in [-0.4, -0.2) is 11.6 Å². The maximum absolute atomic E-state index is 11.2. The van der Waals surface area contributed by atoms with Gasteiger partial charge in [-0.25, -0.2) is 0 Å². The Labute approximate surface area is 96.7 Å². The van der Waals surface area contributed by atoms with E-state index in [0.29, 0.717) is 6.42 Å². The number of hydrogen-bond acceptors (Lipinski definition) is 2. The summed E-state index contributed by atoms with van der Waals surface area (Å²) in [6.45, 7) is 5.20. The highest BCUT2D eigenvalue weighted by atomic mass is 16.1. The fraction of sp³-hybridized carbons (Fsp3) is 0.429. The number of rotatable bonds is 5. The first kappa shape index (κ1) is 12.6. The van der Waals surface area contributed by atoms with Gasteiger partial charge in [-0.2, -0.15) is 0 Å². The van der Waals surface area contributed by atoms with Gasteiger partial charge in [0.1, 0.15) is 5.78 Å². The molecule has 2 nitrogen and oxygen atoms in total. The summed E-state index contributed by atoms with van der Waals surface area (Å²) in [5, 5.41) is 0. The van der Waals surface area contributed by atoms with E-state index in [1.807, 2.05) is 25.1 Å². The van der Waals surface area contributed by atoms with Crippen LogP contribution >= 0.6 is 0 Å². The molecule has 1 aromatic rings. The molecule has 0 fully saturated rings. The standard InChI is InChI=1S/C14H18O2/c1-10-9-14(12(3)16)8-7-13(10)6-4-5-11(2)15/h7-9H,4-6H2,1-3H3. The topological polar surface area (TPSA) is 34.1 Å². The van der Waals surface area contributed by atoms with Gasteiger partial charge in [0.2, 0.25) is 0 Å². The lowest BCUT2D eigenvalue weighted by atomic mass is 9.99. The van der Waals surface area contributed by atoms with Crippen molar-refractivity contribution in [1.82, 2.24) is 0 Å². The second-order valence-corrected chi connectivity index (χ2v) is 4.25. The summed E-state index contributed by atoms with van der Waals surface area (Å²) in [4.78, 5) is 22.0. The monoisotopic (exact) mass is 218 g/mol. The van der Waals surface area contributed by atoms with Crippen LogP contribution in [0.4, 0.5) is 0 Å². The summed E-state index contributed by atoms with van der Waals surface area (Å²) in [5.74, 6) is 0.330. The molecule has 0 bridgehead atoms. The molecule has 0 aliphatic rings. The van der Waals surface area contributed by atoms with Crippen LogP contribution in [0.2, 0.25) is 0 Å². The van der Waals surface area contributed by atoms with Crippen LogP contribution in [0.3, 0.4) is 0 Å². The predicted octanol–water partition coefficient (Wildman–Crippen LogP) is 3.11. The van der Waals surface area contributed by atoms with E-state index in [0.717, 1.165) is 24.0 Å². The second kappa shape index (κ2) is 5.59. The van der Waals surface area contributed by atoms with Crippen molar-refractivity contribution in [2.24, 2.45) is 0 Å². The third-order valence-corrected chi connectivity index (χ3v) is 2.72. The van der Waals surface area contributed by atoms with Gasteiger partial charge in [0.15, 0.2) is 5.78 Å². The molecule has 0 unspecified atom stereocenters. The number of carbonyl (C=O) groups excluding carboxylic acids is 2. The minimum Gasteiger partial charge on any atom is -0.300 e. The number of ketones is 2. The molecule has 0 spiro atoms. The Kier molecular flexibility index (Phi) is 4.41. The largest absolute Gasteiger partial charge is 0.300 e. The Bertz CT molecular complexity index is 405. The third kappa shape index (κ3) is 3.61. The van der Waals surface area contributed by atoms with Crippen LogP contribution in [0, 0.1) is 6.92 Å². The van der Waals surface area contributed by atoms with Gasteiger partial charge in [0, 0.05) is 12.0 Å². The molecular formula is C14H18O2. The molecule has 1 aromatic carbocycles. The van der Waals surface area contributed by atoms with Crippen LogP contribution in [0.25, 0.3) is 0 Å². The first-order chi connectivity index (χ1) is 7.50. The SMILES string of the molecule is CC(=O)CCCc1ccc(C(C)=O)cc1C. The molecular weight excluding hydrogens is 200 g/mol. The van der Waals surface area contributed by atoms with Crippen molar-refractivity contribution < 1.29 is 9.59 Å². The Balaban J connectivity index is 2.68. The Morgan fingerprint density at radius 3 is 2.38 bits per heavy atom. The highest BCUT2D eigenvalue weighted by Crippen LogP contribution is 2.14. The zero-order valence-corrected chi connectivity index (χ0v) is 10.2. The smallest absolute Gasteiger partial charge is 0.159 e. The summed E-state index contributed by atoms with van der Waals surface area (Å²) in [6.07, 6.45) is 2.42. The average Bonchev–Trinajstić information content (AvgIpc) is 2.19. The molecule has 0 radical (unpaired) electrons. The summed E-state index contributed by atoms with van der Waals surface area (Å²) in [7, 11) is 0. The highest BCUT2D eigenvalue weighted by Gasteiger charge is 2.04. The molecule has 0 aromatic heterocycles. The van der Waals surface area contributed by atoms with Crippen LogP contribution in [-0.2, 0) is 11.2 Å². The van der Waals surface area contributed by atoms with Crippen molar-refractivity contribution in [2.45, 2.75) is 40.0 Å². The molecule has 16 heavy (non-hydrogen) atoms. The van der Waals surface area contributed by atoms with E-state index in [1.165, 1.54) is 5.56 Å². The highest BCUT2D eigenvalue weighted by molar-refractivity contribution is 5.94. The van der Waals surface area contributed by atoms with Gasteiger partial charge in [-0.1, -0.05) is 12.1 Å². The lowest BCUT2D eigenvalue weighted by molar-refractivity contribution is -0.117. The van der Waals surface area contributed by atoms with Crippen molar-refractivity contribution >= 4 is 11.6 Å². The van der Waals surface area contributed by atoms with Crippen LogP contribution < -0.4 is 0 Å². The number of hydrogen-bond donors (Lipinski definition) is 0. The number of benzene rings is 1. The minimum atomic E-state index is 0.0957. The van der Waals surface area contributed by atoms with Gasteiger partial charge in [-0.15, -0.1) is 0 Å². The Hall–Kier alpha value is -1.44. The maximum Gasteiger partial charge on any atom is 0.159 e. The van der Waals surface area contributed by atoms with Crippen LogP contribution in [0.1, 0.15) is 48.2 Å². The van der Waals surface area contributed by atoms with E-state index < -0.39 is 0 Å². The molecule has 0 aliphatic heterocycles. The summed E-state index contributed by atoms with van der Waals surface area (Å²) >= 11 is 0. The third-order valence-electron chi connectivity index (χ3n) is 2.72. The Morgan fingerprint density at radius 2 is 1.88 bits per heavy atom. The van der Waals surface area contributed by atoms with E-state index in [2.05, 4.69) is 0 Å². The molecule has 2 heteroatoms. The summed E-state index contributed by atoms with van der Waals surface area (Å²) in [6, 6.07) is 5.77. The van der Waals surface area contributed by atoms with Crippen molar-refractivity contribution in [3.8, 4) is 0 Å². The minimum absolute atomic E-state index is 0.0957. The molecule has 0 atom stereocenters. The first-order valence-electron chi connectivity index (χ1n) is 5.60. The fourth-order valence-corrected chi connectivity index (χ4v) is 1.72. The van der Waals surface area contributed by atoms with E-state index in [4.69, 9.17) is 0 Å². The maximum atomic E-state index is 11.2. The molecule has 1 rings (SSSR count). The Morgan fingerprint density at radius 1 is 1.19 bits per heavy atom. The predicted molar refractivity (Wildman–Crippen MR) is 64.8 cm³/mol. The molecule has 0 saturated heterocycles. The summed E-state index contributed by atoms with van der Waals surface area (Å²) < 4.78 is 0. The van der Waals surface area contributed by atoms with Gasteiger partial charge < -0.3 is 4.79 Å². The van der Waals surface area contributed by atoms with E-state index in [9.17, 15) is 9.59 Å². The van der Waals surface area contributed by atoms with E-state index in [1.54, 1.807) is 13.8 Å². The molecule has 0 amide bonds. The van der Waals surface area contributed by atoms with Crippen LogP contribution in [0.15, 0.2) is 18.2 Å². The fourth-order valence-electron chi connectivity index (χ4n) is 1.72. The number of Topliss-reactive ketones (excluding diaryl/α,β-unsaturated/α-hetero) is 2. The van der Waals surface area contributed by atoms with E-state index >= 15 is 0 Å². The first-order valence-corrected chi connectivity index (χ1v) is 5.60. The van der Waals surface area contributed by atoms with Gasteiger partial charge in [-0.05, 0) is 50.8 Å². The quantitative estimate of drug-likeness (QED) is 0.712. The molecule has 0 aliphatic carbocycles. The number of carbonyl (C=O) groups is 2. The lowest BCUT2D eigenvalue weighted by Gasteiger charge is -2.06. The summed E-state index contributed by atoms with van der Waals surface area (Å²) in [5.41, 5.74) is 3.12. The van der Waals surface area contributed by atoms with Crippen molar-refractivity contribution in [1.29, 1.82) is 0 Å². The van der Waals surface area contributed by atoms with Gasteiger partial charge in [-0.3, -0.25) is 4.79 Å². The average molecular weight is 218 g/mol. The van der Waals surface area contributed by atoms with Gasteiger partial charge >= 0.3 is 0 Å². The zero-order valence-electron chi connectivity index (χ0n) is 10.2. The molecule has 0 heterocycles. The second-order valence-electron chi connectivity index (χ2n) is 4.25.